The van der Waals surface area contributed by atoms with Crippen LogP contribution in [0.4, 0.5) is 5.69 Å². The molecule has 166 valence electrons. The molecule has 0 unspecified atom stereocenters. The van der Waals surface area contributed by atoms with Crippen LogP contribution in [-0.2, 0) is 27.8 Å². The van der Waals surface area contributed by atoms with Gasteiger partial charge in [-0.1, -0.05) is 6.07 Å². The van der Waals surface area contributed by atoms with Crippen molar-refractivity contribution in [1.29, 1.82) is 0 Å². The number of nitrogens with one attached hydrogen (secondary N) is 1. The number of H-pyrrole nitrogens is 1. The largest absolute Gasteiger partial charge is 0.315 e. The van der Waals surface area contributed by atoms with Gasteiger partial charge in [-0.25, -0.2) is 12.7 Å². The van der Waals surface area contributed by atoms with Gasteiger partial charge in [-0.05, 0) is 38.0 Å². The van der Waals surface area contributed by atoms with Gasteiger partial charge in [0.2, 0.25) is 15.9 Å². The topological polar surface area (TPSA) is 89.6 Å². The summed E-state index contributed by atoms with van der Waals surface area (Å²) >= 11 is 0. The van der Waals surface area contributed by atoms with Crippen LogP contribution in [0.15, 0.2) is 24.4 Å². The minimum atomic E-state index is -3.14. The van der Waals surface area contributed by atoms with Gasteiger partial charge in [0.05, 0.1) is 17.1 Å². The molecule has 2 fully saturated rings. The first-order chi connectivity index (χ1) is 14.7. The zero-order valence-electron chi connectivity index (χ0n) is 18.3. The molecule has 1 aromatic carbocycles. The van der Waals surface area contributed by atoms with E-state index in [1.807, 2.05) is 25.4 Å². The fourth-order valence-electron chi connectivity index (χ4n) is 5.13. The number of rotatable bonds is 5. The van der Waals surface area contributed by atoms with Crippen molar-refractivity contribution in [3.63, 3.8) is 0 Å². The van der Waals surface area contributed by atoms with E-state index in [-0.39, 0.29) is 16.6 Å². The number of carbonyl (C=O) groups is 1. The number of benzene rings is 1. The SMILES string of the molecule is CC(C)S(=O)(=O)N1CC2(CN(Cc3cn[nH]c3-c3ccc4c(c3)CCC(=O)N4C)C2)C1. The summed E-state index contributed by atoms with van der Waals surface area (Å²) in [5.41, 5.74) is 5.53. The molecule has 31 heavy (non-hydrogen) atoms. The molecule has 0 aliphatic carbocycles. The van der Waals surface area contributed by atoms with Crippen molar-refractivity contribution in [1.82, 2.24) is 19.4 Å². The second kappa shape index (κ2) is 7.15. The number of carbonyl (C=O) groups excluding carboxylic acids is 1. The molecule has 1 N–H and O–H groups in total. The summed E-state index contributed by atoms with van der Waals surface area (Å²) in [7, 11) is -1.31. The van der Waals surface area contributed by atoms with E-state index in [1.54, 1.807) is 23.1 Å². The van der Waals surface area contributed by atoms with Crippen molar-refractivity contribution < 1.29 is 13.2 Å². The number of hydrogen-bond donors (Lipinski definition) is 1. The molecule has 0 saturated carbocycles. The van der Waals surface area contributed by atoms with Crippen LogP contribution in [0.2, 0.25) is 0 Å². The number of sulfonamides is 1. The summed E-state index contributed by atoms with van der Waals surface area (Å²) in [6, 6.07) is 6.22. The Balaban J connectivity index is 1.25. The average molecular weight is 444 g/mol. The van der Waals surface area contributed by atoms with Crippen molar-refractivity contribution in [2.45, 2.75) is 38.5 Å². The predicted octanol–water partition coefficient (Wildman–Crippen LogP) is 1.84. The highest BCUT2D eigenvalue weighted by molar-refractivity contribution is 7.89. The molecule has 3 aliphatic rings. The maximum Gasteiger partial charge on any atom is 0.227 e. The number of hydrogen-bond acceptors (Lipinski definition) is 5. The molecule has 1 aromatic heterocycles. The Morgan fingerprint density at radius 3 is 2.61 bits per heavy atom. The first-order valence-electron chi connectivity index (χ1n) is 10.8. The molecule has 0 bridgehead atoms. The van der Waals surface area contributed by atoms with Crippen molar-refractivity contribution >= 4 is 21.6 Å². The average Bonchev–Trinajstić information content (AvgIpc) is 3.13. The van der Waals surface area contributed by atoms with Gasteiger partial charge in [-0.3, -0.25) is 14.8 Å². The summed E-state index contributed by atoms with van der Waals surface area (Å²) in [6.07, 6.45) is 3.19. The Hall–Kier alpha value is -2.23. The molecule has 0 radical (unpaired) electrons. The Morgan fingerprint density at radius 2 is 1.90 bits per heavy atom. The lowest BCUT2D eigenvalue weighted by Crippen LogP contribution is -2.72. The Kier molecular flexibility index (Phi) is 4.76. The number of nitrogens with zero attached hydrogens (tertiary/aromatic N) is 4. The third-order valence-corrected chi connectivity index (χ3v) is 9.09. The van der Waals surface area contributed by atoms with Crippen LogP contribution in [0, 0.1) is 5.41 Å². The maximum absolute atomic E-state index is 12.3. The number of anilines is 1. The highest BCUT2D eigenvalue weighted by Crippen LogP contribution is 2.42. The second-order valence-corrected chi connectivity index (χ2v) is 12.1. The summed E-state index contributed by atoms with van der Waals surface area (Å²) < 4.78 is 26.2. The van der Waals surface area contributed by atoms with Crippen LogP contribution >= 0.6 is 0 Å². The number of fused-ring (bicyclic) bond motifs is 1. The smallest absolute Gasteiger partial charge is 0.227 e. The Labute approximate surface area is 183 Å². The zero-order chi connectivity index (χ0) is 22.0. The number of aromatic amines is 1. The molecule has 4 heterocycles. The standard InChI is InChI=1S/C22H29N5O3S/c1-15(2)31(29,30)27-13-22(14-27)11-26(12-22)10-18-9-23-24-21(18)17-4-6-19-16(8-17)5-7-20(28)25(19)3/h4,6,8-9,15H,5,7,10-14H2,1-3H3,(H,23,24). The summed E-state index contributed by atoms with van der Waals surface area (Å²) in [6.45, 7) is 7.38. The molecule has 9 heteroatoms. The molecule has 2 saturated heterocycles. The molecule has 3 aliphatic heterocycles. The van der Waals surface area contributed by atoms with Gasteiger partial charge in [0.15, 0.2) is 0 Å². The van der Waals surface area contributed by atoms with Crippen LogP contribution in [0.5, 0.6) is 0 Å². The van der Waals surface area contributed by atoms with E-state index in [9.17, 15) is 13.2 Å². The van der Waals surface area contributed by atoms with Crippen molar-refractivity contribution in [3.05, 3.63) is 35.5 Å². The lowest BCUT2D eigenvalue weighted by atomic mass is 9.74. The van der Waals surface area contributed by atoms with Crippen LogP contribution in [0.3, 0.4) is 0 Å². The minimum Gasteiger partial charge on any atom is -0.315 e. The number of aromatic nitrogens is 2. The molecule has 8 nitrogen and oxygen atoms in total. The number of likely N-dealkylation sites (tertiary alicyclic amines) is 1. The van der Waals surface area contributed by atoms with Gasteiger partial charge >= 0.3 is 0 Å². The fraction of sp³-hybridized carbons (Fsp3) is 0.545. The van der Waals surface area contributed by atoms with Crippen LogP contribution in [-0.4, -0.2) is 72.2 Å². The predicted molar refractivity (Wildman–Crippen MR) is 119 cm³/mol. The third-order valence-electron chi connectivity index (χ3n) is 6.92. The molecule has 1 amide bonds. The minimum absolute atomic E-state index is 0.120. The van der Waals surface area contributed by atoms with Gasteiger partial charge in [0.1, 0.15) is 0 Å². The Bertz CT molecular complexity index is 1130. The van der Waals surface area contributed by atoms with E-state index in [1.165, 1.54) is 5.56 Å². The highest BCUT2D eigenvalue weighted by Gasteiger charge is 2.55. The third kappa shape index (κ3) is 3.39. The zero-order valence-corrected chi connectivity index (χ0v) is 19.1. The first kappa shape index (κ1) is 20.7. The normalized spacial score (nSPS) is 21.3. The first-order valence-corrected chi connectivity index (χ1v) is 12.3. The van der Waals surface area contributed by atoms with E-state index in [2.05, 4.69) is 21.2 Å². The Morgan fingerprint density at radius 1 is 1.16 bits per heavy atom. The summed E-state index contributed by atoms with van der Waals surface area (Å²) in [5, 5.41) is 7.07. The van der Waals surface area contributed by atoms with Crippen LogP contribution in [0.25, 0.3) is 11.3 Å². The van der Waals surface area contributed by atoms with Gasteiger partial charge in [0, 0.05) is 68.4 Å². The summed E-state index contributed by atoms with van der Waals surface area (Å²) in [4.78, 5) is 16.0. The molecule has 1 spiro atoms. The fourth-order valence-corrected chi connectivity index (χ4v) is 6.63. The van der Waals surface area contributed by atoms with E-state index in [4.69, 9.17) is 0 Å². The lowest BCUT2D eigenvalue weighted by Gasteiger charge is -2.59. The molecule has 0 atom stereocenters. The number of aryl methyl sites for hydroxylation is 1. The van der Waals surface area contributed by atoms with Crippen LogP contribution < -0.4 is 4.90 Å². The van der Waals surface area contributed by atoms with Crippen LogP contribution in [0.1, 0.15) is 31.4 Å². The highest BCUT2D eigenvalue weighted by atomic mass is 32.2. The second-order valence-electron chi connectivity index (χ2n) is 9.57. The van der Waals surface area contributed by atoms with Crippen molar-refractivity contribution in [2.75, 3.05) is 38.1 Å². The summed E-state index contributed by atoms with van der Waals surface area (Å²) in [5.74, 6) is 0.157. The molecule has 2 aromatic rings. The van der Waals surface area contributed by atoms with Crippen molar-refractivity contribution in [3.8, 4) is 11.3 Å². The van der Waals surface area contributed by atoms with Crippen molar-refractivity contribution in [2.24, 2.45) is 5.41 Å². The van der Waals surface area contributed by atoms with E-state index < -0.39 is 10.0 Å². The van der Waals surface area contributed by atoms with E-state index >= 15 is 0 Å². The van der Waals surface area contributed by atoms with Gasteiger partial charge in [-0.2, -0.15) is 5.10 Å². The van der Waals surface area contributed by atoms with Gasteiger partial charge in [0.25, 0.3) is 0 Å². The number of amides is 1. The molecular weight excluding hydrogens is 414 g/mol. The maximum atomic E-state index is 12.3. The molecule has 5 rings (SSSR count). The van der Waals surface area contributed by atoms with Gasteiger partial charge in [-0.15, -0.1) is 0 Å². The van der Waals surface area contributed by atoms with E-state index in [0.717, 1.165) is 48.6 Å². The molecular formula is C22H29N5O3S. The van der Waals surface area contributed by atoms with Gasteiger partial charge < -0.3 is 4.90 Å². The van der Waals surface area contributed by atoms with E-state index in [0.29, 0.717) is 19.5 Å². The lowest BCUT2D eigenvalue weighted by molar-refractivity contribution is -0.118. The quantitative estimate of drug-likeness (QED) is 0.762. The monoisotopic (exact) mass is 443 g/mol.